The fourth-order valence-electron chi connectivity index (χ4n) is 3.49. The molecule has 1 aliphatic heterocycles. The van der Waals surface area contributed by atoms with Gasteiger partial charge in [0.05, 0.1) is 6.04 Å². The molecule has 1 aromatic carbocycles. The van der Waals surface area contributed by atoms with Gasteiger partial charge in [-0.25, -0.2) is 4.39 Å². The summed E-state index contributed by atoms with van der Waals surface area (Å²) in [5.41, 5.74) is 1.41. The van der Waals surface area contributed by atoms with Gasteiger partial charge in [-0.2, -0.15) is 5.10 Å². The molecule has 2 heterocycles. The first-order chi connectivity index (χ1) is 13.2. The van der Waals surface area contributed by atoms with E-state index in [0.717, 1.165) is 50.8 Å². The zero-order chi connectivity index (χ0) is 19.1. The van der Waals surface area contributed by atoms with Crippen molar-refractivity contribution in [3.8, 4) is 0 Å². The fraction of sp³-hybridized carbons (Fsp3) is 0.524. The number of amides is 1. The number of aromatic nitrogens is 2. The minimum atomic E-state index is -0.262. The molecule has 0 spiro atoms. The summed E-state index contributed by atoms with van der Waals surface area (Å²) in [6.45, 7) is 5.24. The molecule has 1 saturated heterocycles. The van der Waals surface area contributed by atoms with E-state index in [-0.39, 0.29) is 11.7 Å². The molecule has 0 radical (unpaired) electrons. The van der Waals surface area contributed by atoms with Crippen LogP contribution in [0.1, 0.15) is 61.1 Å². The number of rotatable bonds is 8. The van der Waals surface area contributed by atoms with E-state index in [0.29, 0.717) is 24.8 Å². The normalized spacial score (nSPS) is 17.0. The van der Waals surface area contributed by atoms with Gasteiger partial charge >= 0.3 is 0 Å². The quantitative estimate of drug-likeness (QED) is 0.718. The Hall–Kier alpha value is -2.21. The first-order valence-electron chi connectivity index (χ1n) is 9.97. The van der Waals surface area contributed by atoms with Gasteiger partial charge in [-0.1, -0.05) is 31.9 Å². The average molecular weight is 372 g/mol. The number of hydrogen-bond donors (Lipinski definition) is 1. The Morgan fingerprint density at radius 2 is 2.11 bits per heavy atom. The molecular weight excluding hydrogens is 343 g/mol. The van der Waals surface area contributed by atoms with E-state index in [1.54, 1.807) is 12.1 Å². The predicted octanol–water partition coefficient (Wildman–Crippen LogP) is 3.78. The van der Waals surface area contributed by atoms with Crippen molar-refractivity contribution >= 4 is 5.91 Å². The summed E-state index contributed by atoms with van der Waals surface area (Å²) in [4.78, 5) is 14.9. The van der Waals surface area contributed by atoms with Crippen molar-refractivity contribution in [3.63, 3.8) is 0 Å². The molecule has 6 heteroatoms. The number of nitrogens with zero attached hydrogens (tertiary/aromatic N) is 3. The highest BCUT2D eigenvalue weighted by atomic mass is 19.1. The lowest BCUT2D eigenvalue weighted by molar-refractivity contribution is 0.0732. The van der Waals surface area contributed by atoms with E-state index < -0.39 is 0 Å². The molecule has 1 atom stereocenters. The third-order valence-electron chi connectivity index (χ3n) is 5.08. The monoisotopic (exact) mass is 372 g/mol. The van der Waals surface area contributed by atoms with E-state index in [4.69, 9.17) is 0 Å². The van der Waals surface area contributed by atoms with Crippen LogP contribution in [0.4, 0.5) is 4.39 Å². The summed E-state index contributed by atoms with van der Waals surface area (Å²) >= 11 is 0. The Morgan fingerprint density at radius 1 is 1.30 bits per heavy atom. The van der Waals surface area contributed by atoms with Gasteiger partial charge in [-0.05, 0) is 49.6 Å². The molecule has 27 heavy (non-hydrogen) atoms. The highest BCUT2D eigenvalue weighted by molar-refractivity contribution is 5.92. The summed E-state index contributed by atoms with van der Waals surface area (Å²) < 4.78 is 15.1. The van der Waals surface area contributed by atoms with Crippen LogP contribution in [0.5, 0.6) is 0 Å². The van der Waals surface area contributed by atoms with Gasteiger partial charge in [0.15, 0.2) is 0 Å². The van der Waals surface area contributed by atoms with Gasteiger partial charge in [0.1, 0.15) is 11.5 Å². The minimum absolute atomic E-state index is 0.0575. The number of carbonyl (C=O) groups is 1. The Kier molecular flexibility index (Phi) is 6.98. The van der Waals surface area contributed by atoms with E-state index in [9.17, 15) is 9.18 Å². The Labute approximate surface area is 160 Å². The van der Waals surface area contributed by atoms with Crippen LogP contribution in [0.15, 0.2) is 36.5 Å². The molecule has 146 valence electrons. The van der Waals surface area contributed by atoms with Crippen LogP contribution in [-0.4, -0.2) is 40.2 Å². The van der Waals surface area contributed by atoms with Gasteiger partial charge in [0, 0.05) is 25.8 Å². The zero-order valence-electron chi connectivity index (χ0n) is 16.0. The maximum atomic E-state index is 13.2. The van der Waals surface area contributed by atoms with Crippen molar-refractivity contribution < 1.29 is 9.18 Å². The molecule has 0 saturated carbocycles. The summed E-state index contributed by atoms with van der Waals surface area (Å²) in [5.74, 6) is -0.319. The summed E-state index contributed by atoms with van der Waals surface area (Å²) in [7, 11) is 0. The van der Waals surface area contributed by atoms with Crippen LogP contribution in [-0.2, 0) is 6.54 Å². The fourth-order valence-corrected chi connectivity index (χ4v) is 3.49. The van der Waals surface area contributed by atoms with Crippen LogP contribution in [0.3, 0.4) is 0 Å². The molecule has 1 N–H and O–H groups in total. The third-order valence-corrected chi connectivity index (χ3v) is 5.08. The van der Waals surface area contributed by atoms with Crippen LogP contribution in [0.25, 0.3) is 0 Å². The summed E-state index contributed by atoms with van der Waals surface area (Å²) in [6.07, 6.45) is 7.25. The number of hydrogen-bond acceptors (Lipinski definition) is 3. The highest BCUT2D eigenvalue weighted by Gasteiger charge is 2.21. The second-order valence-electron chi connectivity index (χ2n) is 7.24. The number of piperidine rings is 1. The molecule has 0 bridgehead atoms. The lowest BCUT2D eigenvalue weighted by Crippen LogP contribution is -2.33. The molecule has 5 nitrogen and oxygen atoms in total. The van der Waals surface area contributed by atoms with E-state index in [2.05, 4.69) is 17.3 Å². The molecule has 1 aliphatic rings. The number of halogens is 1. The molecule has 3 rings (SSSR count). The third kappa shape index (κ3) is 5.39. The van der Waals surface area contributed by atoms with Crippen LogP contribution in [0, 0.1) is 5.82 Å². The lowest BCUT2D eigenvalue weighted by atomic mass is 10.1. The van der Waals surface area contributed by atoms with Gasteiger partial charge in [0.2, 0.25) is 0 Å². The Bertz CT molecular complexity index is 722. The van der Waals surface area contributed by atoms with Gasteiger partial charge < -0.3 is 10.2 Å². The highest BCUT2D eigenvalue weighted by Crippen LogP contribution is 2.17. The molecule has 1 amide bonds. The smallest absolute Gasteiger partial charge is 0.274 e. The first-order valence-corrected chi connectivity index (χ1v) is 9.97. The predicted molar refractivity (Wildman–Crippen MR) is 104 cm³/mol. The average Bonchev–Trinajstić information content (AvgIpc) is 3.19. The topological polar surface area (TPSA) is 50.2 Å². The Balaban J connectivity index is 1.71. The van der Waals surface area contributed by atoms with Crippen LogP contribution in [0.2, 0.25) is 0 Å². The summed E-state index contributed by atoms with van der Waals surface area (Å²) in [5, 5.41) is 7.94. The number of carbonyl (C=O) groups excluding carboxylic acids is 1. The maximum absolute atomic E-state index is 13.2. The van der Waals surface area contributed by atoms with E-state index >= 15 is 0 Å². The molecule has 2 aromatic rings. The van der Waals surface area contributed by atoms with Crippen molar-refractivity contribution in [2.45, 2.75) is 51.6 Å². The number of benzene rings is 1. The number of nitrogens with one attached hydrogen (secondary N) is 1. The van der Waals surface area contributed by atoms with Gasteiger partial charge in [-0.3, -0.25) is 9.48 Å². The van der Waals surface area contributed by atoms with E-state index in [1.807, 2.05) is 21.8 Å². The van der Waals surface area contributed by atoms with E-state index in [1.165, 1.54) is 12.1 Å². The maximum Gasteiger partial charge on any atom is 0.274 e. The SMILES string of the molecule is CCCCCN(Cc1ccc(F)cc1)C(=O)c1ccn(C2CCCNC2)n1. The van der Waals surface area contributed by atoms with Crippen molar-refractivity contribution in [3.05, 3.63) is 53.6 Å². The van der Waals surface area contributed by atoms with Crippen molar-refractivity contribution in [2.24, 2.45) is 0 Å². The molecule has 1 unspecified atom stereocenters. The van der Waals surface area contributed by atoms with Gasteiger partial charge in [0.25, 0.3) is 5.91 Å². The molecule has 0 aliphatic carbocycles. The minimum Gasteiger partial charge on any atom is -0.333 e. The zero-order valence-corrected chi connectivity index (χ0v) is 16.0. The largest absolute Gasteiger partial charge is 0.333 e. The molecular formula is C21H29FN4O. The second-order valence-corrected chi connectivity index (χ2v) is 7.24. The Morgan fingerprint density at radius 3 is 2.81 bits per heavy atom. The van der Waals surface area contributed by atoms with Gasteiger partial charge in [-0.15, -0.1) is 0 Å². The number of unbranched alkanes of at least 4 members (excludes halogenated alkanes) is 2. The van der Waals surface area contributed by atoms with Crippen LogP contribution < -0.4 is 5.32 Å². The molecule has 1 fully saturated rings. The second kappa shape index (κ2) is 9.65. The standard InChI is InChI=1S/C21H29FN4O/c1-2-3-4-13-25(16-17-7-9-18(22)10-8-17)21(27)20-11-14-26(24-20)19-6-5-12-23-15-19/h7-11,14,19,23H,2-6,12-13,15-16H2,1H3. The van der Waals surface area contributed by atoms with Crippen molar-refractivity contribution in [2.75, 3.05) is 19.6 Å². The summed E-state index contributed by atoms with van der Waals surface area (Å²) in [6, 6.07) is 8.48. The van der Waals surface area contributed by atoms with Crippen molar-refractivity contribution in [1.29, 1.82) is 0 Å². The molecule has 1 aromatic heterocycles. The first kappa shape index (κ1) is 19.5. The van der Waals surface area contributed by atoms with Crippen molar-refractivity contribution in [1.82, 2.24) is 20.0 Å². The lowest BCUT2D eigenvalue weighted by Gasteiger charge is -2.24. The van der Waals surface area contributed by atoms with Crippen LogP contribution >= 0.6 is 0 Å².